The number of hydrogen-bond donors (Lipinski definition) is 1. The second-order valence-corrected chi connectivity index (χ2v) is 9.38. The standard InChI is InChI=1S/C30H33ClN2O/c1-3-5-7-22-9-17-26(18-10-22)32-28-21-29(24-13-15-25(31)16-14-24)33(30(28)34)27-19-11-23(12-20-27)8-6-4-2/h9-21,29,32H,3-8H2,1-2H3/t29-/m0/s1. The maximum atomic E-state index is 13.6. The zero-order valence-electron chi connectivity index (χ0n) is 20.1. The van der Waals surface area contributed by atoms with E-state index in [1.54, 1.807) is 0 Å². The molecule has 3 aromatic carbocycles. The summed E-state index contributed by atoms with van der Waals surface area (Å²) in [4.78, 5) is 15.5. The molecule has 0 unspecified atom stereocenters. The van der Waals surface area contributed by atoms with E-state index in [1.807, 2.05) is 35.2 Å². The minimum absolute atomic E-state index is 0.0312. The number of amides is 1. The third kappa shape index (κ3) is 5.71. The van der Waals surface area contributed by atoms with E-state index in [1.165, 1.54) is 36.8 Å². The van der Waals surface area contributed by atoms with E-state index in [9.17, 15) is 4.79 Å². The summed E-state index contributed by atoms with van der Waals surface area (Å²) in [5, 5.41) is 4.05. The third-order valence-electron chi connectivity index (χ3n) is 6.35. The first-order valence-corrected chi connectivity index (χ1v) is 12.7. The van der Waals surface area contributed by atoms with Gasteiger partial charge in [-0.2, -0.15) is 0 Å². The topological polar surface area (TPSA) is 32.3 Å². The molecule has 1 aliphatic rings. The molecule has 0 radical (unpaired) electrons. The zero-order valence-corrected chi connectivity index (χ0v) is 20.8. The van der Waals surface area contributed by atoms with Gasteiger partial charge in [-0.05, 0) is 84.8 Å². The Balaban J connectivity index is 1.59. The number of aryl methyl sites for hydroxylation is 2. The van der Waals surface area contributed by atoms with Crippen LogP contribution in [0, 0.1) is 0 Å². The lowest BCUT2D eigenvalue weighted by atomic mass is 10.0. The summed E-state index contributed by atoms with van der Waals surface area (Å²) in [6.45, 7) is 4.41. The molecular formula is C30H33ClN2O. The van der Waals surface area contributed by atoms with Crippen LogP contribution in [0.25, 0.3) is 0 Å². The summed E-state index contributed by atoms with van der Waals surface area (Å²) in [5.41, 5.74) is 6.06. The van der Waals surface area contributed by atoms with Crippen molar-refractivity contribution in [3.05, 3.63) is 106 Å². The fourth-order valence-corrected chi connectivity index (χ4v) is 4.46. The SMILES string of the molecule is CCCCc1ccc(NC2=C[C@@H](c3ccc(Cl)cc3)N(c3ccc(CCCC)cc3)C2=O)cc1. The molecule has 4 heteroatoms. The van der Waals surface area contributed by atoms with Crippen molar-refractivity contribution >= 4 is 28.9 Å². The molecule has 1 N–H and O–H groups in total. The summed E-state index contributed by atoms with van der Waals surface area (Å²) in [7, 11) is 0. The molecule has 1 aliphatic heterocycles. The van der Waals surface area contributed by atoms with Crippen molar-refractivity contribution in [2.24, 2.45) is 0 Å². The molecule has 3 nitrogen and oxygen atoms in total. The lowest BCUT2D eigenvalue weighted by molar-refractivity contribution is -0.114. The van der Waals surface area contributed by atoms with Crippen LogP contribution in [0.5, 0.6) is 0 Å². The van der Waals surface area contributed by atoms with E-state index in [0.29, 0.717) is 10.7 Å². The second-order valence-electron chi connectivity index (χ2n) is 8.95. The average molecular weight is 473 g/mol. The van der Waals surface area contributed by atoms with Gasteiger partial charge in [0.2, 0.25) is 0 Å². The number of unbranched alkanes of at least 4 members (excludes halogenated alkanes) is 2. The number of carbonyl (C=O) groups is 1. The van der Waals surface area contributed by atoms with Crippen LogP contribution in [0.2, 0.25) is 5.02 Å². The van der Waals surface area contributed by atoms with Crippen molar-refractivity contribution in [2.45, 2.75) is 58.4 Å². The summed E-state index contributed by atoms with van der Waals surface area (Å²) in [6.07, 6.45) is 8.87. The number of benzene rings is 3. The van der Waals surface area contributed by atoms with Gasteiger partial charge in [-0.3, -0.25) is 9.69 Å². The Bertz CT molecular complexity index is 1120. The number of rotatable bonds is 10. The van der Waals surface area contributed by atoms with Crippen molar-refractivity contribution in [2.75, 3.05) is 10.2 Å². The van der Waals surface area contributed by atoms with Crippen molar-refractivity contribution in [1.29, 1.82) is 0 Å². The Morgan fingerprint density at radius 3 is 1.91 bits per heavy atom. The molecule has 4 rings (SSSR count). The van der Waals surface area contributed by atoms with E-state index < -0.39 is 0 Å². The van der Waals surface area contributed by atoms with Gasteiger partial charge in [-0.15, -0.1) is 0 Å². The number of halogens is 1. The zero-order chi connectivity index (χ0) is 23.9. The number of hydrogen-bond acceptors (Lipinski definition) is 2. The van der Waals surface area contributed by atoms with Crippen LogP contribution in [-0.2, 0) is 17.6 Å². The molecular weight excluding hydrogens is 440 g/mol. The average Bonchev–Trinajstić information content (AvgIpc) is 3.18. The Hall–Kier alpha value is -3.04. The molecule has 0 spiro atoms. The van der Waals surface area contributed by atoms with Crippen LogP contribution in [0.1, 0.15) is 62.3 Å². The van der Waals surface area contributed by atoms with E-state index >= 15 is 0 Å². The molecule has 3 aromatic rings. The lowest BCUT2D eigenvalue weighted by Crippen LogP contribution is -2.30. The first-order valence-electron chi connectivity index (χ1n) is 12.3. The first-order chi connectivity index (χ1) is 16.6. The molecule has 0 bridgehead atoms. The number of anilines is 2. The minimum Gasteiger partial charge on any atom is -0.351 e. The summed E-state index contributed by atoms with van der Waals surface area (Å²) in [6, 6.07) is 24.3. The van der Waals surface area contributed by atoms with Crippen molar-refractivity contribution in [3.8, 4) is 0 Å². The lowest BCUT2D eigenvalue weighted by Gasteiger charge is -2.25. The molecule has 1 heterocycles. The van der Waals surface area contributed by atoms with Crippen LogP contribution < -0.4 is 10.2 Å². The Kier molecular flexibility index (Phi) is 8.08. The largest absolute Gasteiger partial charge is 0.351 e. The van der Waals surface area contributed by atoms with Gasteiger partial charge in [0.05, 0.1) is 6.04 Å². The number of nitrogens with one attached hydrogen (secondary N) is 1. The second kappa shape index (κ2) is 11.4. The normalized spacial score (nSPS) is 15.5. The highest BCUT2D eigenvalue weighted by molar-refractivity contribution is 6.30. The minimum atomic E-state index is -0.197. The molecule has 0 aliphatic carbocycles. The summed E-state index contributed by atoms with van der Waals surface area (Å²) < 4.78 is 0. The van der Waals surface area contributed by atoms with Gasteiger partial charge in [-0.25, -0.2) is 0 Å². The Morgan fingerprint density at radius 1 is 0.794 bits per heavy atom. The van der Waals surface area contributed by atoms with Crippen molar-refractivity contribution in [1.82, 2.24) is 0 Å². The van der Waals surface area contributed by atoms with Crippen LogP contribution in [0.3, 0.4) is 0 Å². The van der Waals surface area contributed by atoms with Crippen LogP contribution in [-0.4, -0.2) is 5.91 Å². The molecule has 0 saturated carbocycles. The third-order valence-corrected chi connectivity index (χ3v) is 6.60. The highest BCUT2D eigenvalue weighted by Crippen LogP contribution is 2.36. The fraction of sp³-hybridized carbons (Fsp3) is 0.300. The number of nitrogens with zero attached hydrogens (tertiary/aromatic N) is 1. The quantitative estimate of drug-likeness (QED) is 0.323. The van der Waals surface area contributed by atoms with Crippen molar-refractivity contribution < 1.29 is 4.79 Å². The van der Waals surface area contributed by atoms with Crippen molar-refractivity contribution in [3.63, 3.8) is 0 Å². The van der Waals surface area contributed by atoms with Gasteiger partial charge in [0.1, 0.15) is 5.70 Å². The molecule has 0 fully saturated rings. The molecule has 34 heavy (non-hydrogen) atoms. The van der Waals surface area contributed by atoms with Gasteiger partial charge in [0.25, 0.3) is 5.91 Å². The predicted octanol–water partition coefficient (Wildman–Crippen LogP) is 8.11. The van der Waals surface area contributed by atoms with Gasteiger partial charge in [-0.1, -0.05) is 74.7 Å². The Morgan fingerprint density at radius 2 is 1.35 bits per heavy atom. The molecule has 176 valence electrons. The van der Waals surface area contributed by atoms with Crippen LogP contribution in [0.4, 0.5) is 11.4 Å². The predicted molar refractivity (Wildman–Crippen MR) is 143 cm³/mol. The summed E-state index contributed by atoms with van der Waals surface area (Å²) >= 11 is 6.13. The Labute approximate surface area is 208 Å². The van der Waals surface area contributed by atoms with Gasteiger partial charge >= 0.3 is 0 Å². The first kappa shape index (κ1) is 24.1. The number of carbonyl (C=O) groups excluding carboxylic acids is 1. The van der Waals surface area contributed by atoms with Crippen LogP contribution >= 0.6 is 11.6 Å². The highest BCUT2D eigenvalue weighted by Gasteiger charge is 2.34. The molecule has 0 aromatic heterocycles. The van der Waals surface area contributed by atoms with Gasteiger partial charge < -0.3 is 5.32 Å². The smallest absolute Gasteiger partial charge is 0.275 e. The fourth-order valence-electron chi connectivity index (χ4n) is 4.33. The van der Waals surface area contributed by atoms with E-state index in [2.05, 4.69) is 67.7 Å². The van der Waals surface area contributed by atoms with Crippen LogP contribution in [0.15, 0.2) is 84.6 Å². The maximum Gasteiger partial charge on any atom is 0.275 e. The molecule has 1 amide bonds. The highest BCUT2D eigenvalue weighted by atomic mass is 35.5. The maximum absolute atomic E-state index is 13.6. The monoisotopic (exact) mass is 472 g/mol. The van der Waals surface area contributed by atoms with Gasteiger partial charge in [0, 0.05) is 16.4 Å². The van der Waals surface area contributed by atoms with Gasteiger partial charge in [0.15, 0.2) is 0 Å². The summed E-state index contributed by atoms with van der Waals surface area (Å²) in [5.74, 6) is -0.0312. The van der Waals surface area contributed by atoms with E-state index in [0.717, 1.165) is 29.8 Å². The van der Waals surface area contributed by atoms with E-state index in [4.69, 9.17) is 11.6 Å². The molecule has 0 saturated heterocycles. The molecule has 1 atom stereocenters. The van der Waals surface area contributed by atoms with E-state index in [-0.39, 0.29) is 11.9 Å².